The Kier molecular flexibility index (Phi) is 5.36. The summed E-state index contributed by atoms with van der Waals surface area (Å²) >= 11 is 6.16. The lowest BCUT2D eigenvalue weighted by atomic mass is 9.90. The highest BCUT2D eigenvalue weighted by molar-refractivity contribution is 6.21. The van der Waals surface area contributed by atoms with Crippen molar-refractivity contribution in [3.8, 4) is 0 Å². The maximum atomic E-state index is 13.8. The molecule has 4 heteroatoms. The van der Waals surface area contributed by atoms with Crippen molar-refractivity contribution in [2.24, 2.45) is 5.41 Å². The molecule has 1 N–H and O–H groups in total. The van der Waals surface area contributed by atoms with Gasteiger partial charge in [-0.25, -0.2) is 4.39 Å². The molecule has 0 saturated carbocycles. The van der Waals surface area contributed by atoms with E-state index in [1.54, 1.807) is 19.1 Å². The van der Waals surface area contributed by atoms with Gasteiger partial charge in [-0.05, 0) is 30.4 Å². The first-order valence-electron chi connectivity index (χ1n) is 6.38. The molecule has 0 aliphatic carbocycles. The molecule has 1 aromatic rings. The lowest BCUT2D eigenvalue weighted by molar-refractivity contribution is 0.0947. The van der Waals surface area contributed by atoms with E-state index in [1.165, 1.54) is 6.07 Å². The SMILES string of the molecule is Cc1cccc(C(=O)NCC(Cl)CC(C)(C)C)c1F. The minimum absolute atomic E-state index is 0.0691. The fourth-order valence-corrected chi connectivity index (χ4v) is 2.40. The van der Waals surface area contributed by atoms with Crippen molar-refractivity contribution in [2.75, 3.05) is 6.54 Å². The Labute approximate surface area is 119 Å². The zero-order valence-electron chi connectivity index (χ0n) is 11.9. The maximum Gasteiger partial charge on any atom is 0.254 e. The standard InChI is InChI=1S/C15H21ClFNO/c1-10-6-5-7-12(13(10)17)14(19)18-9-11(16)8-15(2,3)4/h5-7,11H,8-9H2,1-4H3,(H,18,19). The fraction of sp³-hybridized carbons (Fsp3) is 0.533. The minimum Gasteiger partial charge on any atom is -0.350 e. The molecule has 0 aromatic heterocycles. The molecule has 1 aromatic carbocycles. The Morgan fingerprint density at radius 3 is 2.63 bits per heavy atom. The first kappa shape index (κ1) is 16.0. The van der Waals surface area contributed by atoms with Crippen molar-refractivity contribution in [3.05, 3.63) is 35.1 Å². The smallest absolute Gasteiger partial charge is 0.254 e. The molecule has 0 fully saturated rings. The van der Waals surface area contributed by atoms with Crippen LogP contribution in [0.5, 0.6) is 0 Å². The van der Waals surface area contributed by atoms with Crippen LogP contribution < -0.4 is 5.32 Å². The summed E-state index contributed by atoms with van der Waals surface area (Å²) in [5, 5.41) is 2.52. The van der Waals surface area contributed by atoms with Gasteiger partial charge in [0, 0.05) is 6.54 Å². The van der Waals surface area contributed by atoms with Gasteiger partial charge in [-0.2, -0.15) is 0 Å². The molecule has 1 atom stereocenters. The summed E-state index contributed by atoms with van der Waals surface area (Å²) in [6.07, 6.45) is 0.783. The average molecular weight is 286 g/mol. The van der Waals surface area contributed by atoms with Crippen LogP contribution in [0.2, 0.25) is 0 Å². The van der Waals surface area contributed by atoms with Crippen LogP contribution in [-0.2, 0) is 0 Å². The van der Waals surface area contributed by atoms with Crippen molar-refractivity contribution >= 4 is 17.5 Å². The van der Waals surface area contributed by atoms with Crippen molar-refractivity contribution in [1.29, 1.82) is 0 Å². The number of alkyl halides is 1. The summed E-state index contributed by atoms with van der Waals surface area (Å²) in [6, 6.07) is 4.78. The Hall–Kier alpha value is -1.09. The van der Waals surface area contributed by atoms with Crippen LogP contribution in [-0.4, -0.2) is 17.8 Å². The molecule has 0 saturated heterocycles. The van der Waals surface area contributed by atoms with Gasteiger partial charge in [-0.3, -0.25) is 4.79 Å². The molecule has 1 amide bonds. The summed E-state index contributed by atoms with van der Waals surface area (Å²) in [6.45, 7) is 8.24. The zero-order chi connectivity index (χ0) is 14.6. The molecule has 106 valence electrons. The van der Waals surface area contributed by atoms with Crippen LogP contribution in [0.3, 0.4) is 0 Å². The summed E-state index contributed by atoms with van der Waals surface area (Å²) in [5.41, 5.74) is 0.635. The van der Waals surface area contributed by atoms with E-state index in [0.29, 0.717) is 12.1 Å². The number of amides is 1. The zero-order valence-corrected chi connectivity index (χ0v) is 12.6. The molecule has 0 aliphatic rings. The third-order valence-electron chi connectivity index (χ3n) is 2.75. The molecule has 0 aliphatic heterocycles. The van der Waals surface area contributed by atoms with Gasteiger partial charge in [0.2, 0.25) is 0 Å². The van der Waals surface area contributed by atoms with E-state index in [-0.39, 0.29) is 16.4 Å². The first-order chi connectivity index (χ1) is 8.70. The van der Waals surface area contributed by atoms with Crippen LogP contribution in [0.4, 0.5) is 4.39 Å². The van der Waals surface area contributed by atoms with E-state index in [9.17, 15) is 9.18 Å². The van der Waals surface area contributed by atoms with E-state index in [2.05, 4.69) is 26.1 Å². The molecule has 1 unspecified atom stereocenters. The molecule has 0 spiro atoms. The number of aryl methyl sites for hydroxylation is 1. The second kappa shape index (κ2) is 6.38. The quantitative estimate of drug-likeness (QED) is 0.835. The molecule has 0 bridgehead atoms. The number of hydrogen-bond acceptors (Lipinski definition) is 1. The largest absolute Gasteiger partial charge is 0.350 e. The topological polar surface area (TPSA) is 29.1 Å². The Morgan fingerprint density at radius 2 is 2.05 bits per heavy atom. The molecule has 0 heterocycles. The highest BCUT2D eigenvalue weighted by Crippen LogP contribution is 2.23. The number of rotatable bonds is 4. The molecular weight excluding hydrogens is 265 g/mol. The summed E-state index contributed by atoms with van der Waals surface area (Å²) in [4.78, 5) is 11.9. The number of halogens is 2. The number of carbonyl (C=O) groups is 1. The van der Waals surface area contributed by atoms with Crippen molar-refractivity contribution in [2.45, 2.75) is 39.5 Å². The normalized spacial score (nSPS) is 13.2. The van der Waals surface area contributed by atoms with Gasteiger partial charge in [-0.15, -0.1) is 11.6 Å². The first-order valence-corrected chi connectivity index (χ1v) is 6.82. The average Bonchev–Trinajstić information content (AvgIpc) is 2.27. The second-order valence-electron chi connectivity index (χ2n) is 6.01. The molecule has 1 rings (SSSR count). The second-order valence-corrected chi connectivity index (χ2v) is 6.63. The van der Waals surface area contributed by atoms with Crippen LogP contribution in [0.1, 0.15) is 43.1 Å². The highest BCUT2D eigenvalue weighted by Gasteiger charge is 2.18. The predicted octanol–water partition coefficient (Wildman–Crippen LogP) is 3.91. The minimum atomic E-state index is -0.470. The summed E-state index contributed by atoms with van der Waals surface area (Å²) < 4.78 is 13.8. The van der Waals surface area contributed by atoms with Gasteiger partial charge in [0.25, 0.3) is 5.91 Å². The third kappa shape index (κ3) is 5.19. The van der Waals surface area contributed by atoms with E-state index in [0.717, 1.165) is 6.42 Å². The summed E-state index contributed by atoms with van der Waals surface area (Å²) in [7, 11) is 0. The lowest BCUT2D eigenvalue weighted by Gasteiger charge is -2.22. The Balaban J connectivity index is 2.59. The molecule has 0 radical (unpaired) electrons. The predicted molar refractivity (Wildman–Crippen MR) is 77.2 cm³/mol. The van der Waals surface area contributed by atoms with E-state index in [1.807, 2.05) is 0 Å². The van der Waals surface area contributed by atoms with Crippen LogP contribution in [0, 0.1) is 18.2 Å². The van der Waals surface area contributed by atoms with E-state index in [4.69, 9.17) is 11.6 Å². The highest BCUT2D eigenvalue weighted by atomic mass is 35.5. The van der Waals surface area contributed by atoms with Crippen molar-refractivity contribution < 1.29 is 9.18 Å². The number of nitrogens with one attached hydrogen (secondary N) is 1. The lowest BCUT2D eigenvalue weighted by Crippen LogP contribution is -2.32. The van der Waals surface area contributed by atoms with Gasteiger partial charge in [0.1, 0.15) is 5.82 Å². The number of benzene rings is 1. The van der Waals surface area contributed by atoms with Gasteiger partial charge >= 0.3 is 0 Å². The van der Waals surface area contributed by atoms with Gasteiger partial charge in [0.15, 0.2) is 0 Å². The van der Waals surface area contributed by atoms with Crippen molar-refractivity contribution in [1.82, 2.24) is 5.32 Å². The van der Waals surface area contributed by atoms with Crippen molar-refractivity contribution in [3.63, 3.8) is 0 Å². The summed E-state index contributed by atoms with van der Waals surface area (Å²) in [5.74, 6) is -0.886. The van der Waals surface area contributed by atoms with E-state index < -0.39 is 11.7 Å². The monoisotopic (exact) mass is 285 g/mol. The third-order valence-corrected chi connectivity index (χ3v) is 3.06. The molecular formula is C15H21ClFNO. The van der Waals surface area contributed by atoms with Gasteiger partial charge < -0.3 is 5.32 Å². The van der Waals surface area contributed by atoms with Crippen LogP contribution in [0.15, 0.2) is 18.2 Å². The van der Waals surface area contributed by atoms with Gasteiger partial charge in [0.05, 0.1) is 10.9 Å². The maximum absolute atomic E-state index is 13.8. The Morgan fingerprint density at radius 1 is 1.42 bits per heavy atom. The number of carbonyl (C=O) groups excluding carboxylic acids is 1. The van der Waals surface area contributed by atoms with E-state index >= 15 is 0 Å². The molecule has 19 heavy (non-hydrogen) atoms. The van der Waals surface area contributed by atoms with Crippen LogP contribution >= 0.6 is 11.6 Å². The Bertz CT molecular complexity index is 454. The fourth-order valence-electron chi connectivity index (χ4n) is 1.86. The number of hydrogen-bond donors (Lipinski definition) is 1. The van der Waals surface area contributed by atoms with Crippen LogP contribution in [0.25, 0.3) is 0 Å². The van der Waals surface area contributed by atoms with Gasteiger partial charge in [-0.1, -0.05) is 32.9 Å². The molecule has 2 nitrogen and oxygen atoms in total.